The van der Waals surface area contributed by atoms with Crippen molar-refractivity contribution in [3.63, 3.8) is 0 Å². The summed E-state index contributed by atoms with van der Waals surface area (Å²) in [6.07, 6.45) is 101. The van der Waals surface area contributed by atoms with Crippen molar-refractivity contribution >= 4 is 11.9 Å². The number of aliphatic hydroxyl groups excluding tert-OH is 2. The highest BCUT2D eigenvalue weighted by atomic mass is 16.5. The third kappa shape index (κ3) is 73.1. The van der Waals surface area contributed by atoms with Crippen molar-refractivity contribution in [2.24, 2.45) is 0 Å². The fraction of sp³-hybridized carbons (Fsp3) is 0.902. The fourth-order valence-corrected chi connectivity index (χ4v) is 12.7. The number of rotatable bonds is 76. The minimum absolute atomic E-state index is 0.0101. The Balaban J connectivity index is 3.38. The van der Waals surface area contributed by atoms with Crippen molar-refractivity contribution in [2.45, 2.75) is 463 Å². The van der Waals surface area contributed by atoms with E-state index in [9.17, 15) is 19.8 Å². The lowest BCUT2D eigenvalue weighted by Gasteiger charge is -2.20. The first kappa shape index (κ1) is 86.1. The third-order valence-electron chi connectivity index (χ3n) is 18.9. The van der Waals surface area contributed by atoms with E-state index in [1.165, 1.54) is 379 Å². The molecule has 2 atom stereocenters. The van der Waals surface area contributed by atoms with E-state index < -0.39 is 12.1 Å². The summed E-state index contributed by atoms with van der Waals surface area (Å²) in [4.78, 5) is 24.6. The van der Waals surface area contributed by atoms with Gasteiger partial charge in [0.15, 0.2) is 0 Å². The zero-order valence-electron chi connectivity index (χ0n) is 59.7. The van der Waals surface area contributed by atoms with Crippen molar-refractivity contribution in [1.82, 2.24) is 5.32 Å². The number of hydrogen-bond donors (Lipinski definition) is 3. The van der Waals surface area contributed by atoms with Gasteiger partial charge in [0.05, 0.1) is 25.4 Å². The number of unbranched alkanes of at least 4 members (excludes halogenated alkanes) is 61. The van der Waals surface area contributed by atoms with E-state index in [1.807, 2.05) is 6.08 Å². The molecule has 0 rings (SSSR count). The molecule has 0 fully saturated rings. The summed E-state index contributed by atoms with van der Waals surface area (Å²) in [5.74, 6) is -0.0501. The van der Waals surface area contributed by atoms with Crippen LogP contribution in [0.15, 0.2) is 36.5 Å². The minimum Gasteiger partial charge on any atom is -0.466 e. The Labute approximate surface area is 551 Å². The molecule has 0 bridgehead atoms. The lowest BCUT2D eigenvalue weighted by molar-refractivity contribution is -0.143. The maximum Gasteiger partial charge on any atom is 0.305 e. The van der Waals surface area contributed by atoms with Gasteiger partial charge in [-0.05, 0) is 83.5 Å². The number of esters is 1. The van der Waals surface area contributed by atoms with Gasteiger partial charge in [0.1, 0.15) is 0 Å². The SMILES string of the molecule is CCCCCCC/C=C\CCCCCCCC(=O)OCCCCCCCCCCCCCC/C=C\CCCCCCCCCCCCCCCCCCC(=O)NC(CO)C(O)/C=C/CCCCCCCCCCCCCCCCCCCCCCCCC. The van der Waals surface area contributed by atoms with Gasteiger partial charge in [-0.15, -0.1) is 0 Å². The van der Waals surface area contributed by atoms with Crippen LogP contribution >= 0.6 is 0 Å². The Morgan fingerprint density at radius 3 is 0.807 bits per heavy atom. The molecule has 0 aliphatic carbocycles. The molecule has 1 amide bonds. The molecule has 0 heterocycles. The van der Waals surface area contributed by atoms with Crippen molar-refractivity contribution in [3.8, 4) is 0 Å². The van der Waals surface area contributed by atoms with E-state index in [4.69, 9.17) is 4.74 Å². The molecule has 6 heteroatoms. The normalized spacial score (nSPS) is 12.6. The second-order valence-electron chi connectivity index (χ2n) is 27.7. The smallest absolute Gasteiger partial charge is 0.305 e. The van der Waals surface area contributed by atoms with E-state index >= 15 is 0 Å². The van der Waals surface area contributed by atoms with E-state index in [0.29, 0.717) is 19.4 Å². The molecule has 0 aromatic rings. The highest BCUT2D eigenvalue weighted by molar-refractivity contribution is 5.76. The molecular weight excluding hydrogens is 1080 g/mol. The summed E-state index contributed by atoms with van der Waals surface area (Å²) >= 11 is 0. The molecule has 2 unspecified atom stereocenters. The average molecular weight is 1240 g/mol. The molecular formula is C82H157NO5. The van der Waals surface area contributed by atoms with Crippen LogP contribution in [-0.2, 0) is 14.3 Å². The van der Waals surface area contributed by atoms with Gasteiger partial charge in [-0.1, -0.05) is 391 Å². The molecule has 0 spiro atoms. The highest BCUT2D eigenvalue weighted by Gasteiger charge is 2.18. The van der Waals surface area contributed by atoms with Gasteiger partial charge in [0.25, 0.3) is 0 Å². The Morgan fingerprint density at radius 1 is 0.307 bits per heavy atom. The van der Waals surface area contributed by atoms with Crippen LogP contribution in [0.25, 0.3) is 0 Å². The minimum atomic E-state index is -0.845. The van der Waals surface area contributed by atoms with Crippen molar-refractivity contribution in [2.75, 3.05) is 13.2 Å². The topological polar surface area (TPSA) is 95.9 Å². The predicted molar refractivity (Wildman–Crippen MR) is 389 cm³/mol. The first-order valence-electron chi connectivity index (χ1n) is 40.3. The maximum absolute atomic E-state index is 12.6. The summed E-state index contributed by atoms with van der Waals surface area (Å²) < 4.78 is 5.49. The first-order chi connectivity index (χ1) is 43.5. The van der Waals surface area contributed by atoms with Crippen LogP contribution in [-0.4, -0.2) is 47.4 Å². The number of allylic oxidation sites excluding steroid dienone is 5. The molecule has 0 radical (unpaired) electrons. The third-order valence-corrected chi connectivity index (χ3v) is 18.9. The van der Waals surface area contributed by atoms with Crippen molar-refractivity contribution in [3.05, 3.63) is 36.5 Å². The number of carbonyl (C=O) groups is 2. The number of hydrogen-bond acceptors (Lipinski definition) is 5. The maximum atomic E-state index is 12.6. The lowest BCUT2D eigenvalue weighted by atomic mass is 10.0. The molecule has 0 saturated carbocycles. The molecule has 0 aliphatic rings. The lowest BCUT2D eigenvalue weighted by Crippen LogP contribution is -2.45. The number of ether oxygens (including phenoxy) is 1. The molecule has 6 nitrogen and oxygen atoms in total. The summed E-state index contributed by atoms with van der Waals surface area (Å²) in [6.45, 7) is 4.94. The second-order valence-corrected chi connectivity index (χ2v) is 27.7. The summed E-state index contributed by atoms with van der Waals surface area (Å²) in [7, 11) is 0. The van der Waals surface area contributed by atoms with Crippen LogP contribution in [0, 0.1) is 0 Å². The summed E-state index contributed by atoms with van der Waals surface area (Å²) in [5, 5.41) is 23.3. The zero-order valence-corrected chi connectivity index (χ0v) is 59.7. The van der Waals surface area contributed by atoms with Crippen LogP contribution in [0.3, 0.4) is 0 Å². The number of amides is 1. The molecule has 3 N–H and O–H groups in total. The van der Waals surface area contributed by atoms with Gasteiger partial charge >= 0.3 is 5.97 Å². The van der Waals surface area contributed by atoms with Gasteiger partial charge in [0.2, 0.25) is 5.91 Å². The first-order valence-corrected chi connectivity index (χ1v) is 40.3. The Morgan fingerprint density at radius 2 is 0.534 bits per heavy atom. The zero-order chi connectivity index (χ0) is 63.5. The van der Waals surface area contributed by atoms with E-state index in [1.54, 1.807) is 6.08 Å². The van der Waals surface area contributed by atoms with E-state index in [2.05, 4.69) is 43.5 Å². The molecule has 0 aromatic heterocycles. The van der Waals surface area contributed by atoms with E-state index in [0.717, 1.165) is 44.9 Å². The van der Waals surface area contributed by atoms with Crippen LogP contribution < -0.4 is 5.32 Å². The molecule has 0 aromatic carbocycles. The Hall–Kier alpha value is -1.92. The van der Waals surface area contributed by atoms with Crippen molar-refractivity contribution < 1.29 is 24.5 Å². The van der Waals surface area contributed by atoms with Gasteiger partial charge in [-0.3, -0.25) is 9.59 Å². The Kier molecular flexibility index (Phi) is 75.8. The van der Waals surface area contributed by atoms with Crippen LogP contribution in [0.4, 0.5) is 0 Å². The standard InChI is InChI=1S/C82H157NO5/c1-3-5-7-9-11-13-15-17-19-20-21-22-23-32-35-38-41-44-47-50-54-58-62-66-70-74-80(85)79(78-84)83-81(86)75-71-67-63-59-55-51-48-45-42-39-36-33-30-28-26-24-25-27-29-31-34-37-40-43-46-49-53-57-61-65-69-73-77-88-82(87)76-72-68-64-60-56-52-18-16-14-12-10-8-6-4-2/h16,18,27,29,70,74,79-80,84-85H,3-15,17,19-26,28,30-69,71-73,75-78H2,1-2H3,(H,83,86)/b18-16-,29-27-,74-70+. The molecule has 0 aliphatic heterocycles. The van der Waals surface area contributed by atoms with Gasteiger partial charge in [0, 0.05) is 12.8 Å². The largest absolute Gasteiger partial charge is 0.466 e. The highest BCUT2D eigenvalue weighted by Crippen LogP contribution is 2.20. The van der Waals surface area contributed by atoms with E-state index in [-0.39, 0.29) is 18.5 Å². The predicted octanol–water partition coefficient (Wildman–Crippen LogP) is 26.6. The quantitative estimate of drug-likeness (QED) is 0.0320. The fourth-order valence-electron chi connectivity index (χ4n) is 12.7. The summed E-state index contributed by atoms with van der Waals surface area (Å²) in [5.41, 5.74) is 0. The number of nitrogens with one attached hydrogen (secondary N) is 1. The van der Waals surface area contributed by atoms with Gasteiger partial charge in [-0.25, -0.2) is 0 Å². The van der Waals surface area contributed by atoms with Gasteiger partial charge < -0.3 is 20.3 Å². The van der Waals surface area contributed by atoms with Crippen LogP contribution in [0.1, 0.15) is 450 Å². The van der Waals surface area contributed by atoms with Crippen LogP contribution in [0.2, 0.25) is 0 Å². The summed E-state index contributed by atoms with van der Waals surface area (Å²) in [6, 6.07) is -0.628. The molecule has 520 valence electrons. The Bertz CT molecular complexity index is 1430. The molecule has 0 saturated heterocycles. The molecule has 88 heavy (non-hydrogen) atoms. The number of aliphatic hydroxyl groups is 2. The van der Waals surface area contributed by atoms with Gasteiger partial charge in [-0.2, -0.15) is 0 Å². The second kappa shape index (κ2) is 77.5. The average Bonchev–Trinajstić information content (AvgIpc) is 3.58. The van der Waals surface area contributed by atoms with Crippen molar-refractivity contribution in [1.29, 1.82) is 0 Å². The monoisotopic (exact) mass is 1240 g/mol. The number of carbonyl (C=O) groups excluding carboxylic acids is 2. The van der Waals surface area contributed by atoms with Crippen LogP contribution in [0.5, 0.6) is 0 Å².